The zero-order valence-electron chi connectivity index (χ0n) is 6.19. The molecule has 11 heavy (non-hydrogen) atoms. The molecule has 1 aromatic rings. The molecular formula is C7H7ClINO. The van der Waals surface area contributed by atoms with Crippen LogP contribution >= 0.6 is 34.2 Å². The topological polar surface area (TPSA) is 22.1 Å². The molecular weight excluding hydrogens is 276 g/mol. The molecule has 0 aliphatic carbocycles. The molecule has 0 bridgehead atoms. The van der Waals surface area contributed by atoms with E-state index < -0.39 is 0 Å². The molecule has 1 aromatic heterocycles. The normalized spacial score (nSPS) is 9.82. The van der Waals surface area contributed by atoms with Crippen molar-refractivity contribution in [2.24, 2.45) is 0 Å². The van der Waals surface area contributed by atoms with Crippen molar-refractivity contribution in [3.8, 4) is 5.75 Å². The summed E-state index contributed by atoms with van der Waals surface area (Å²) >= 11 is 7.95. The Labute approximate surface area is 84.1 Å². The van der Waals surface area contributed by atoms with Crippen LogP contribution in [0, 0.1) is 10.5 Å². The smallest absolute Gasteiger partial charge is 0.171 e. The summed E-state index contributed by atoms with van der Waals surface area (Å²) in [6, 6.07) is 0. The van der Waals surface area contributed by atoms with Crippen LogP contribution in [0.5, 0.6) is 5.75 Å². The van der Waals surface area contributed by atoms with E-state index in [1.54, 1.807) is 13.3 Å². The van der Waals surface area contributed by atoms with Gasteiger partial charge in [0.05, 0.1) is 7.11 Å². The molecule has 4 heteroatoms. The second-order valence-electron chi connectivity index (χ2n) is 2.06. The van der Waals surface area contributed by atoms with Gasteiger partial charge in [0.25, 0.3) is 0 Å². The highest BCUT2D eigenvalue weighted by Crippen LogP contribution is 2.28. The highest BCUT2D eigenvalue weighted by molar-refractivity contribution is 14.1. The number of methoxy groups -OCH3 is 1. The second-order valence-corrected chi connectivity index (χ2v) is 3.58. The quantitative estimate of drug-likeness (QED) is 0.584. The van der Waals surface area contributed by atoms with Crippen LogP contribution in [0.15, 0.2) is 6.20 Å². The number of halogens is 2. The van der Waals surface area contributed by atoms with E-state index in [2.05, 4.69) is 27.6 Å². The van der Waals surface area contributed by atoms with Crippen LogP contribution in [0.25, 0.3) is 0 Å². The molecule has 0 radical (unpaired) electrons. The predicted molar refractivity (Wildman–Crippen MR) is 53.3 cm³/mol. The Morgan fingerprint density at radius 2 is 2.27 bits per heavy atom. The largest absolute Gasteiger partial charge is 0.493 e. The summed E-state index contributed by atoms with van der Waals surface area (Å²) in [6.45, 7) is 1.95. The van der Waals surface area contributed by atoms with Crippen LogP contribution in [0.3, 0.4) is 0 Å². The third-order valence-electron chi connectivity index (χ3n) is 1.38. The van der Waals surface area contributed by atoms with Crippen LogP contribution < -0.4 is 4.74 Å². The number of ether oxygens (including phenoxy) is 1. The standard InChI is InChI=1S/C7H7ClINO/c1-4-5(9)3-10-7(8)6(4)11-2/h3H,1-2H3. The summed E-state index contributed by atoms with van der Waals surface area (Å²) in [4.78, 5) is 3.94. The first kappa shape index (κ1) is 9.06. The predicted octanol–water partition coefficient (Wildman–Crippen LogP) is 2.66. The molecule has 0 aliphatic rings. The molecule has 1 heterocycles. The molecule has 2 nitrogen and oxygen atoms in total. The lowest BCUT2D eigenvalue weighted by atomic mass is 10.3. The molecule has 60 valence electrons. The molecule has 0 saturated heterocycles. The number of aromatic nitrogens is 1. The maximum atomic E-state index is 5.76. The Kier molecular flexibility index (Phi) is 2.95. The van der Waals surface area contributed by atoms with Crippen molar-refractivity contribution in [1.29, 1.82) is 0 Å². The first-order valence-corrected chi connectivity index (χ1v) is 4.47. The molecule has 0 saturated carbocycles. The van der Waals surface area contributed by atoms with Gasteiger partial charge < -0.3 is 4.74 Å². The lowest BCUT2D eigenvalue weighted by Crippen LogP contribution is -1.92. The lowest BCUT2D eigenvalue weighted by Gasteiger charge is -2.06. The SMILES string of the molecule is COc1c(Cl)ncc(I)c1C. The van der Waals surface area contributed by atoms with Crippen molar-refractivity contribution in [1.82, 2.24) is 4.98 Å². The Balaban J connectivity index is 3.29. The zero-order chi connectivity index (χ0) is 8.43. The van der Waals surface area contributed by atoms with E-state index in [1.807, 2.05) is 6.92 Å². The van der Waals surface area contributed by atoms with Gasteiger partial charge in [-0.25, -0.2) is 4.98 Å². The van der Waals surface area contributed by atoms with Gasteiger partial charge >= 0.3 is 0 Å². The number of pyridine rings is 1. The van der Waals surface area contributed by atoms with Crippen LogP contribution in [-0.2, 0) is 0 Å². The Bertz CT molecular complexity index is 277. The fourth-order valence-electron chi connectivity index (χ4n) is 0.769. The first-order chi connectivity index (χ1) is 5.16. The van der Waals surface area contributed by atoms with Crippen molar-refractivity contribution in [3.05, 3.63) is 20.5 Å². The van der Waals surface area contributed by atoms with E-state index in [9.17, 15) is 0 Å². The third-order valence-corrected chi connectivity index (χ3v) is 2.74. The van der Waals surface area contributed by atoms with Crippen LogP contribution in [0.4, 0.5) is 0 Å². The maximum absolute atomic E-state index is 5.76. The van der Waals surface area contributed by atoms with E-state index in [1.165, 1.54) is 0 Å². The van der Waals surface area contributed by atoms with E-state index in [0.717, 1.165) is 9.13 Å². The van der Waals surface area contributed by atoms with E-state index >= 15 is 0 Å². The van der Waals surface area contributed by atoms with E-state index in [-0.39, 0.29) is 0 Å². The monoisotopic (exact) mass is 283 g/mol. The van der Waals surface area contributed by atoms with Gasteiger partial charge in [-0.1, -0.05) is 11.6 Å². The zero-order valence-corrected chi connectivity index (χ0v) is 9.10. The Morgan fingerprint density at radius 1 is 1.64 bits per heavy atom. The van der Waals surface area contributed by atoms with Gasteiger partial charge in [0.15, 0.2) is 10.9 Å². The molecule has 0 amide bonds. The van der Waals surface area contributed by atoms with Crippen molar-refractivity contribution in [3.63, 3.8) is 0 Å². The van der Waals surface area contributed by atoms with Gasteiger partial charge in [-0.15, -0.1) is 0 Å². The maximum Gasteiger partial charge on any atom is 0.171 e. The molecule has 0 atom stereocenters. The third kappa shape index (κ3) is 1.76. The van der Waals surface area contributed by atoms with Crippen LogP contribution in [0.1, 0.15) is 5.56 Å². The molecule has 0 spiro atoms. The summed E-state index contributed by atoms with van der Waals surface area (Å²) in [5, 5.41) is 0.422. The summed E-state index contributed by atoms with van der Waals surface area (Å²) < 4.78 is 6.12. The minimum atomic E-state index is 0.422. The van der Waals surface area contributed by atoms with Gasteiger partial charge in [-0.3, -0.25) is 0 Å². The van der Waals surface area contributed by atoms with E-state index in [4.69, 9.17) is 16.3 Å². The number of rotatable bonds is 1. The summed E-state index contributed by atoms with van der Waals surface area (Å²) in [6.07, 6.45) is 1.72. The minimum absolute atomic E-state index is 0.422. The molecule has 0 unspecified atom stereocenters. The summed E-state index contributed by atoms with van der Waals surface area (Å²) in [5.41, 5.74) is 1.04. The highest BCUT2D eigenvalue weighted by atomic mass is 127. The number of nitrogens with zero attached hydrogens (tertiary/aromatic N) is 1. The van der Waals surface area contributed by atoms with Gasteiger partial charge in [-0.05, 0) is 29.5 Å². The molecule has 0 N–H and O–H groups in total. The molecule has 0 aliphatic heterocycles. The first-order valence-electron chi connectivity index (χ1n) is 3.01. The van der Waals surface area contributed by atoms with Crippen LogP contribution in [0.2, 0.25) is 5.15 Å². The highest BCUT2D eigenvalue weighted by Gasteiger charge is 2.07. The Hall–Kier alpha value is -0.0300. The average molecular weight is 283 g/mol. The second kappa shape index (κ2) is 3.58. The molecule has 0 fully saturated rings. The number of hydrogen-bond donors (Lipinski definition) is 0. The van der Waals surface area contributed by atoms with Crippen molar-refractivity contribution < 1.29 is 4.74 Å². The summed E-state index contributed by atoms with van der Waals surface area (Å²) in [5.74, 6) is 0.665. The van der Waals surface area contributed by atoms with Crippen LogP contribution in [-0.4, -0.2) is 12.1 Å². The Morgan fingerprint density at radius 3 is 2.73 bits per heavy atom. The van der Waals surface area contributed by atoms with Gasteiger partial charge in [0.1, 0.15) is 0 Å². The van der Waals surface area contributed by atoms with Crippen molar-refractivity contribution >= 4 is 34.2 Å². The lowest BCUT2D eigenvalue weighted by molar-refractivity contribution is 0.409. The van der Waals surface area contributed by atoms with Crippen molar-refractivity contribution in [2.75, 3.05) is 7.11 Å². The molecule has 0 aromatic carbocycles. The fraction of sp³-hybridized carbons (Fsp3) is 0.286. The van der Waals surface area contributed by atoms with Gasteiger partial charge in [0, 0.05) is 15.3 Å². The van der Waals surface area contributed by atoms with Crippen molar-refractivity contribution in [2.45, 2.75) is 6.92 Å². The minimum Gasteiger partial charge on any atom is -0.493 e. The average Bonchev–Trinajstić information content (AvgIpc) is 1.99. The number of hydrogen-bond acceptors (Lipinski definition) is 2. The van der Waals surface area contributed by atoms with Gasteiger partial charge in [-0.2, -0.15) is 0 Å². The van der Waals surface area contributed by atoms with Gasteiger partial charge in [0.2, 0.25) is 0 Å². The van der Waals surface area contributed by atoms with E-state index in [0.29, 0.717) is 10.9 Å². The fourth-order valence-corrected chi connectivity index (χ4v) is 1.42. The summed E-state index contributed by atoms with van der Waals surface area (Å²) in [7, 11) is 1.59. The molecule has 1 rings (SSSR count).